The van der Waals surface area contributed by atoms with Crippen molar-refractivity contribution in [3.8, 4) is 6.07 Å². The largest absolute Gasteiger partial charge is 0.292 e. The summed E-state index contributed by atoms with van der Waals surface area (Å²) in [6.07, 6.45) is 0. The Morgan fingerprint density at radius 1 is 1.29 bits per heavy atom. The number of benzene rings is 1. The second-order valence-corrected chi connectivity index (χ2v) is 5.26. The van der Waals surface area contributed by atoms with Crippen molar-refractivity contribution in [1.29, 1.82) is 5.26 Å². The third-order valence-electron chi connectivity index (χ3n) is 2.36. The molecule has 1 unspecified atom stereocenters. The molecule has 84 valence electrons. The lowest BCUT2D eigenvalue weighted by Crippen LogP contribution is -2.10. The first-order chi connectivity index (χ1) is 8.24. The van der Waals surface area contributed by atoms with Crippen molar-refractivity contribution in [2.75, 3.05) is 0 Å². The van der Waals surface area contributed by atoms with Crippen LogP contribution in [0.2, 0.25) is 0 Å². The smallest absolute Gasteiger partial charge is 0.186 e. The zero-order valence-corrected chi connectivity index (χ0v) is 11.2. The van der Waals surface area contributed by atoms with Gasteiger partial charge in [-0.1, -0.05) is 40.2 Å². The van der Waals surface area contributed by atoms with Crippen molar-refractivity contribution in [3.05, 3.63) is 56.7 Å². The number of nitrogens with zero attached hydrogens (tertiary/aromatic N) is 1. The second kappa shape index (κ2) is 5.26. The van der Waals surface area contributed by atoms with E-state index in [1.54, 1.807) is 18.2 Å². The van der Waals surface area contributed by atoms with E-state index in [-0.39, 0.29) is 5.78 Å². The third-order valence-corrected chi connectivity index (χ3v) is 3.99. The van der Waals surface area contributed by atoms with Crippen LogP contribution < -0.4 is 0 Å². The first kappa shape index (κ1) is 12.0. The molecule has 1 aromatic heterocycles. The summed E-state index contributed by atoms with van der Waals surface area (Å²) in [5, 5.41) is 11.0. The molecule has 1 atom stereocenters. The number of Topliss-reactive ketones (excluding diaryl/α,β-unsaturated/α-hetero) is 1. The van der Waals surface area contributed by atoms with Crippen LogP contribution in [0.15, 0.2) is 46.3 Å². The molecule has 4 heteroatoms. The monoisotopic (exact) mass is 305 g/mol. The predicted molar refractivity (Wildman–Crippen MR) is 71.1 cm³/mol. The van der Waals surface area contributed by atoms with E-state index < -0.39 is 5.92 Å². The van der Waals surface area contributed by atoms with Crippen molar-refractivity contribution in [3.63, 3.8) is 0 Å². The molecule has 0 saturated carbocycles. The van der Waals surface area contributed by atoms with Crippen LogP contribution in [0.3, 0.4) is 0 Å². The minimum Gasteiger partial charge on any atom is -0.292 e. The van der Waals surface area contributed by atoms with Crippen LogP contribution in [-0.2, 0) is 0 Å². The maximum Gasteiger partial charge on any atom is 0.186 e. The Kier molecular flexibility index (Phi) is 3.72. The summed E-state index contributed by atoms with van der Waals surface area (Å²) in [6, 6.07) is 12.9. The van der Waals surface area contributed by atoms with Gasteiger partial charge in [-0.3, -0.25) is 4.79 Å². The average Bonchev–Trinajstić information content (AvgIpc) is 2.84. The molecule has 0 saturated heterocycles. The first-order valence-corrected chi connectivity index (χ1v) is 6.63. The van der Waals surface area contributed by atoms with Gasteiger partial charge in [0, 0.05) is 14.9 Å². The van der Waals surface area contributed by atoms with Gasteiger partial charge in [-0.25, -0.2) is 0 Å². The lowest BCUT2D eigenvalue weighted by Gasteiger charge is -2.07. The van der Waals surface area contributed by atoms with Crippen molar-refractivity contribution >= 4 is 33.0 Å². The molecular weight excluding hydrogens is 298 g/mol. The molecule has 0 N–H and O–H groups in total. The molecule has 0 spiro atoms. The molecule has 1 heterocycles. The van der Waals surface area contributed by atoms with Crippen LogP contribution in [-0.4, -0.2) is 5.78 Å². The lowest BCUT2D eigenvalue weighted by molar-refractivity contribution is 0.0979. The molecule has 2 rings (SSSR count). The summed E-state index contributed by atoms with van der Waals surface area (Å²) < 4.78 is 0.724. The lowest BCUT2D eigenvalue weighted by atomic mass is 9.97. The maximum absolute atomic E-state index is 12.2. The zero-order valence-electron chi connectivity index (χ0n) is 8.76. The van der Waals surface area contributed by atoms with Gasteiger partial charge in [0.15, 0.2) is 5.78 Å². The number of carbonyl (C=O) groups excluding carboxylic acids is 1. The summed E-state index contributed by atoms with van der Waals surface area (Å²) in [4.78, 5) is 13.0. The minimum atomic E-state index is -0.714. The Morgan fingerprint density at radius 3 is 2.65 bits per heavy atom. The highest BCUT2D eigenvalue weighted by atomic mass is 79.9. The third kappa shape index (κ3) is 2.46. The van der Waals surface area contributed by atoms with Crippen LogP contribution in [0.1, 0.15) is 21.2 Å². The summed E-state index contributed by atoms with van der Waals surface area (Å²) in [6.45, 7) is 0. The summed E-state index contributed by atoms with van der Waals surface area (Å²) in [5.41, 5.74) is 0.549. The quantitative estimate of drug-likeness (QED) is 0.804. The Hall–Kier alpha value is -1.44. The normalized spacial score (nSPS) is 11.8. The van der Waals surface area contributed by atoms with E-state index in [0.717, 1.165) is 9.35 Å². The number of thiophene rings is 1. The van der Waals surface area contributed by atoms with Crippen LogP contribution >= 0.6 is 27.3 Å². The van der Waals surface area contributed by atoms with E-state index >= 15 is 0 Å². The SMILES string of the molecule is N#CC(C(=O)c1ccccc1Br)c1cccs1. The number of nitriles is 1. The number of rotatable bonds is 3. The number of hydrogen-bond acceptors (Lipinski definition) is 3. The Balaban J connectivity index is 2.38. The van der Waals surface area contributed by atoms with E-state index in [4.69, 9.17) is 5.26 Å². The fraction of sp³-hybridized carbons (Fsp3) is 0.0769. The van der Waals surface area contributed by atoms with Crippen LogP contribution in [0.4, 0.5) is 0 Å². The number of hydrogen-bond donors (Lipinski definition) is 0. The van der Waals surface area contributed by atoms with Crippen LogP contribution in [0.25, 0.3) is 0 Å². The second-order valence-electron chi connectivity index (χ2n) is 3.42. The van der Waals surface area contributed by atoms with E-state index in [0.29, 0.717) is 5.56 Å². The molecule has 2 nitrogen and oxygen atoms in total. The first-order valence-electron chi connectivity index (χ1n) is 4.96. The average molecular weight is 306 g/mol. The van der Waals surface area contributed by atoms with E-state index in [1.165, 1.54) is 11.3 Å². The molecule has 2 aromatic rings. The number of carbonyl (C=O) groups is 1. The highest BCUT2D eigenvalue weighted by Gasteiger charge is 2.23. The van der Waals surface area contributed by atoms with Crippen LogP contribution in [0, 0.1) is 11.3 Å². The summed E-state index contributed by atoms with van der Waals surface area (Å²) >= 11 is 4.76. The van der Waals surface area contributed by atoms with Crippen molar-refractivity contribution in [1.82, 2.24) is 0 Å². The highest BCUT2D eigenvalue weighted by Crippen LogP contribution is 2.27. The minimum absolute atomic E-state index is 0.164. The summed E-state index contributed by atoms with van der Waals surface area (Å²) in [7, 11) is 0. The Labute approximate surface area is 112 Å². The molecule has 0 amide bonds. The van der Waals surface area contributed by atoms with Gasteiger partial charge in [0.25, 0.3) is 0 Å². The Bertz CT molecular complexity index is 571. The van der Waals surface area contributed by atoms with Crippen LogP contribution in [0.5, 0.6) is 0 Å². The predicted octanol–water partition coefficient (Wildman–Crippen LogP) is 4.00. The van der Waals surface area contributed by atoms with Gasteiger partial charge < -0.3 is 0 Å². The van der Waals surface area contributed by atoms with Gasteiger partial charge in [-0.15, -0.1) is 11.3 Å². The topological polar surface area (TPSA) is 40.9 Å². The van der Waals surface area contributed by atoms with Gasteiger partial charge >= 0.3 is 0 Å². The van der Waals surface area contributed by atoms with Gasteiger partial charge in [0.2, 0.25) is 0 Å². The van der Waals surface area contributed by atoms with Gasteiger partial charge in [0.1, 0.15) is 5.92 Å². The van der Waals surface area contributed by atoms with E-state index in [2.05, 4.69) is 22.0 Å². The fourth-order valence-corrected chi connectivity index (χ4v) is 2.77. The Morgan fingerprint density at radius 2 is 2.06 bits per heavy atom. The fourth-order valence-electron chi connectivity index (χ4n) is 1.52. The van der Waals surface area contributed by atoms with E-state index in [9.17, 15) is 4.79 Å². The molecule has 0 bridgehead atoms. The molecule has 0 radical (unpaired) electrons. The number of ketones is 1. The molecule has 0 aliphatic carbocycles. The molecule has 0 aliphatic heterocycles. The molecule has 0 aliphatic rings. The molecular formula is C13H8BrNOS. The van der Waals surface area contributed by atoms with Gasteiger partial charge in [-0.2, -0.15) is 5.26 Å². The maximum atomic E-state index is 12.2. The van der Waals surface area contributed by atoms with Gasteiger partial charge in [0.05, 0.1) is 6.07 Å². The molecule has 17 heavy (non-hydrogen) atoms. The number of halogens is 1. The van der Waals surface area contributed by atoms with Crippen molar-refractivity contribution in [2.45, 2.75) is 5.92 Å². The highest BCUT2D eigenvalue weighted by molar-refractivity contribution is 9.10. The molecule has 0 fully saturated rings. The molecule has 1 aromatic carbocycles. The van der Waals surface area contributed by atoms with E-state index in [1.807, 2.05) is 23.6 Å². The van der Waals surface area contributed by atoms with Crippen molar-refractivity contribution in [2.24, 2.45) is 0 Å². The van der Waals surface area contributed by atoms with Gasteiger partial charge in [-0.05, 0) is 17.5 Å². The zero-order chi connectivity index (χ0) is 12.3. The summed E-state index contributed by atoms with van der Waals surface area (Å²) in [5.74, 6) is -0.879. The standard InChI is InChI=1S/C13H8BrNOS/c14-11-5-2-1-4-9(11)13(16)10(8-15)12-6-3-7-17-12/h1-7,10H. The van der Waals surface area contributed by atoms with Crippen molar-refractivity contribution < 1.29 is 4.79 Å².